The molecule has 27 heavy (non-hydrogen) atoms. The molecule has 1 aromatic heterocycles. The van der Waals surface area contributed by atoms with Gasteiger partial charge in [-0.05, 0) is 51.8 Å². The van der Waals surface area contributed by atoms with E-state index in [0.29, 0.717) is 11.4 Å². The summed E-state index contributed by atoms with van der Waals surface area (Å²) in [5, 5.41) is 3.10. The molecule has 0 N–H and O–H groups in total. The molecule has 3 rings (SSSR count). The minimum absolute atomic E-state index is 0.140. The van der Waals surface area contributed by atoms with Crippen LogP contribution in [0.3, 0.4) is 0 Å². The lowest BCUT2D eigenvalue weighted by Gasteiger charge is -2.32. The molecule has 1 unspecified atom stereocenters. The van der Waals surface area contributed by atoms with Gasteiger partial charge in [0.05, 0.1) is 22.5 Å². The first-order chi connectivity index (χ1) is 12.9. The third kappa shape index (κ3) is 4.30. The Morgan fingerprint density at radius 2 is 2.19 bits per heavy atom. The van der Waals surface area contributed by atoms with Crippen LogP contribution in [0.1, 0.15) is 39.1 Å². The first-order valence-electron chi connectivity index (χ1n) is 9.15. The minimum Gasteiger partial charge on any atom is -0.479 e. The number of ether oxygens (including phenoxy) is 2. The summed E-state index contributed by atoms with van der Waals surface area (Å²) < 4.78 is 10.9. The van der Waals surface area contributed by atoms with Gasteiger partial charge in [-0.2, -0.15) is 0 Å². The third-order valence-electron chi connectivity index (χ3n) is 4.13. The van der Waals surface area contributed by atoms with Crippen molar-refractivity contribution in [1.82, 2.24) is 4.98 Å². The molecule has 0 spiro atoms. The fourth-order valence-electron chi connectivity index (χ4n) is 2.93. The third-order valence-corrected chi connectivity index (χ3v) is 5.04. The van der Waals surface area contributed by atoms with E-state index in [0.717, 1.165) is 29.1 Å². The van der Waals surface area contributed by atoms with Crippen molar-refractivity contribution < 1.29 is 19.1 Å². The SMILES string of the molecule is CCCc1nc(-c2ccc3c(c2)N(CC(=O)OC(C)C)C(=O)C(C)O3)cs1. The molecule has 0 radical (unpaired) electrons. The zero-order valence-corrected chi connectivity index (χ0v) is 16.8. The van der Waals surface area contributed by atoms with Gasteiger partial charge in [0.25, 0.3) is 5.91 Å². The maximum atomic E-state index is 12.6. The lowest BCUT2D eigenvalue weighted by molar-refractivity contribution is -0.146. The summed E-state index contributed by atoms with van der Waals surface area (Å²) in [7, 11) is 0. The molecule has 2 aromatic rings. The Morgan fingerprint density at radius 3 is 2.89 bits per heavy atom. The second-order valence-corrected chi connectivity index (χ2v) is 7.72. The van der Waals surface area contributed by atoms with Crippen LogP contribution in [0.2, 0.25) is 0 Å². The number of fused-ring (bicyclic) bond motifs is 1. The summed E-state index contributed by atoms with van der Waals surface area (Å²) in [6.45, 7) is 7.22. The van der Waals surface area contributed by atoms with Crippen molar-refractivity contribution in [3.8, 4) is 17.0 Å². The molecule has 0 bridgehead atoms. The van der Waals surface area contributed by atoms with Gasteiger partial charge < -0.3 is 9.47 Å². The number of thiazole rings is 1. The van der Waals surface area contributed by atoms with Crippen LogP contribution in [0, 0.1) is 0 Å². The van der Waals surface area contributed by atoms with Crippen molar-refractivity contribution in [3.05, 3.63) is 28.6 Å². The van der Waals surface area contributed by atoms with Crippen molar-refractivity contribution in [3.63, 3.8) is 0 Å². The number of carbonyl (C=O) groups excluding carboxylic acids is 2. The number of esters is 1. The van der Waals surface area contributed by atoms with Gasteiger partial charge in [0.1, 0.15) is 12.3 Å². The maximum absolute atomic E-state index is 12.6. The van der Waals surface area contributed by atoms with Crippen molar-refractivity contribution in [2.24, 2.45) is 0 Å². The van der Waals surface area contributed by atoms with E-state index >= 15 is 0 Å². The van der Waals surface area contributed by atoms with Crippen molar-refractivity contribution in [1.29, 1.82) is 0 Å². The molecule has 6 nitrogen and oxygen atoms in total. The van der Waals surface area contributed by atoms with Gasteiger partial charge in [-0.25, -0.2) is 4.98 Å². The molecular formula is C20H24N2O4S. The topological polar surface area (TPSA) is 68.7 Å². The van der Waals surface area contributed by atoms with E-state index in [2.05, 4.69) is 11.9 Å². The Bertz CT molecular complexity index is 846. The molecule has 7 heteroatoms. The minimum atomic E-state index is -0.648. The van der Waals surface area contributed by atoms with Gasteiger partial charge in [0, 0.05) is 10.9 Å². The summed E-state index contributed by atoms with van der Waals surface area (Å²) >= 11 is 1.63. The smallest absolute Gasteiger partial charge is 0.326 e. The second-order valence-electron chi connectivity index (χ2n) is 6.78. The molecule has 2 heterocycles. The monoisotopic (exact) mass is 388 g/mol. The zero-order valence-electron chi connectivity index (χ0n) is 16.0. The molecule has 0 fully saturated rings. The number of aromatic nitrogens is 1. The highest BCUT2D eigenvalue weighted by molar-refractivity contribution is 7.09. The quantitative estimate of drug-likeness (QED) is 0.704. The Morgan fingerprint density at radius 1 is 1.41 bits per heavy atom. The molecule has 0 saturated carbocycles. The predicted octanol–water partition coefficient (Wildman–Crippen LogP) is 3.83. The first-order valence-corrected chi connectivity index (χ1v) is 10.0. The predicted molar refractivity (Wildman–Crippen MR) is 105 cm³/mol. The van der Waals surface area contributed by atoms with Crippen LogP contribution in [0.5, 0.6) is 5.75 Å². The molecule has 1 aromatic carbocycles. The van der Waals surface area contributed by atoms with Crippen molar-refractivity contribution in [2.75, 3.05) is 11.4 Å². The number of carbonyl (C=O) groups is 2. The van der Waals surface area contributed by atoms with Gasteiger partial charge in [-0.1, -0.05) is 6.92 Å². The lowest BCUT2D eigenvalue weighted by atomic mass is 10.1. The van der Waals surface area contributed by atoms with Gasteiger partial charge in [0.2, 0.25) is 0 Å². The Balaban J connectivity index is 1.93. The van der Waals surface area contributed by atoms with Gasteiger partial charge in [-0.3, -0.25) is 14.5 Å². The van der Waals surface area contributed by atoms with Gasteiger partial charge >= 0.3 is 5.97 Å². The number of hydrogen-bond donors (Lipinski definition) is 0. The van der Waals surface area contributed by atoms with E-state index in [1.54, 1.807) is 32.1 Å². The number of hydrogen-bond acceptors (Lipinski definition) is 6. The van der Waals surface area contributed by atoms with Crippen molar-refractivity contribution >= 4 is 28.9 Å². The largest absolute Gasteiger partial charge is 0.479 e. The molecule has 1 aliphatic rings. The summed E-state index contributed by atoms with van der Waals surface area (Å²) in [5.74, 6) is -0.125. The van der Waals surface area contributed by atoms with Crippen LogP contribution in [-0.2, 0) is 20.7 Å². The van der Waals surface area contributed by atoms with Gasteiger partial charge in [-0.15, -0.1) is 11.3 Å². The standard InChI is InChI=1S/C20H24N2O4S/c1-5-6-18-21-15(11-27-18)14-7-8-17-16(9-14)22(20(24)13(4)26-17)10-19(23)25-12(2)3/h7-9,11-13H,5-6,10H2,1-4H3. The molecule has 1 amide bonds. The Labute approximate surface area is 163 Å². The Hall–Kier alpha value is -2.41. The summed E-state index contributed by atoms with van der Waals surface area (Å²) in [5.41, 5.74) is 2.32. The van der Waals surface area contributed by atoms with Crippen LogP contribution in [0.4, 0.5) is 5.69 Å². The summed E-state index contributed by atoms with van der Waals surface area (Å²) in [4.78, 5) is 30.9. The fourth-order valence-corrected chi connectivity index (χ4v) is 3.84. The fraction of sp³-hybridized carbons (Fsp3) is 0.450. The van der Waals surface area contributed by atoms with Crippen LogP contribution >= 0.6 is 11.3 Å². The van der Waals surface area contributed by atoms with Crippen LogP contribution < -0.4 is 9.64 Å². The molecule has 144 valence electrons. The van der Waals surface area contributed by atoms with E-state index in [1.807, 2.05) is 23.6 Å². The van der Waals surface area contributed by atoms with Gasteiger partial charge in [0.15, 0.2) is 6.10 Å². The number of anilines is 1. The average Bonchev–Trinajstić information content (AvgIpc) is 3.07. The number of rotatable bonds is 6. The highest BCUT2D eigenvalue weighted by Crippen LogP contribution is 2.37. The number of amides is 1. The number of aryl methyl sites for hydroxylation is 1. The molecule has 0 saturated heterocycles. The van der Waals surface area contributed by atoms with E-state index < -0.39 is 12.1 Å². The zero-order chi connectivity index (χ0) is 19.6. The van der Waals surface area contributed by atoms with E-state index in [9.17, 15) is 9.59 Å². The lowest BCUT2D eigenvalue weighted by Crippen LogP contribution is -2.47. The first kappa shape index (κ1) is 19.4. The van der Waals surface area contributed by atoms with Crippen LogP contribution in [0.25, 0.3) is 11.3 Å². The maximum Gasteiger partial charge on any atom is 0.326 e. The highest BCUT2D eigenvalue weighted by Gasteiger charge is 2.33. The van der Waals surface area contributed by atoms with Crippen LogP contribution in [-0.4, -0.2) is 35.6 Å². The molecule has 1 atom stereocenters. The van der Waals surface area contributed by atoms with E-state index in [4.69, 9.17) is 9.47 Å². The second kappa shape index (κ2) is 8.08. The highest BCUT2D eigenvalue weighted by atomic mass is 32.1. The van der Waals surface area contributed by atoms with E-state index in [1.165, 1.54) is 4.90 Å². The average molecular weight is 388 g/mol. The molecule has 1 aliphatic heterocycles. The van der Waals surface area contributed by atoms with Crippen molar-refractivity contribution in [2.45, 2.75) is 52.7 Å². The molecule has 0 aliphatic carbocycles. The number of benzene rings is 1. The van der Waals surface area contributed by atoms with E-state index in [-0.39, 0.29) is 18.6 Å². The Kier molecular flexibility index (Phi) is 5.79. The molecular weight excluding hydrogens is 364 g/mol. The summed E-state index contributed by atoms with van der Waals surface area (Å²) in [6, 6.07) is 5.61. The summed E-state index contributed by atoms with van der Waals surface area (Å²) in [6.07, 6.45) is 1.11. The number of nitrogens with zero attached hydrogens (tertiary/aromatic N) is 2. The normalized spacial score (nSPS) is 16.3. The van der Waals surface area contributed by atoms with Crippen LogP contribution in [0.15, 0.2) is 23.6 Å².